The number of hydrogen-bond acceptors (Lipinski definition) is 6. The molecule has 13 heteroatoms. The van der Waals surface area contributed by atoms with Crippen LogP contribution in [0, 0.1) is 0 Å². The van der Waals surface area contributed by atoms with Crippen molar-refractivity contribution in [3.63, 3.8) is 0 Å². The summed E-state index contributed by atoms with van der Waals surface area (Å²) in [5.41, 5.74) is 4.62. The fraction of sp³-hybridized carbons (Fsp3) is 0.333. The number of anilines is 1. The fourth-order valence-electron chi connectivity index (χ4n) is 5.45. The molecule has 0 radical (unpaired) electrons. The second-order valence-electron chi connectivity index (χ2n) is 11.4. The Morgan fingerprint density at radius 2 is 1.80 bits per heavy atom. The third kappa shape index (κ3) is 7.30. The van der Waals surface area contributed by atoms with Crippen molar-refractivity contribution in [2.75, 3.05) is 24.3 Å². The first kappa shape index (κ1) is 31.5. The molecule has 4 aromatic rings. The molecule has 0 spiro atoms. The van der Waals surface area contributed by atoms with Crippen molar-refractivity contribution in [2.24, 2.45) is 4.99 Å². The highest BCUT2D eigenvalue weighted by Gasteiger charge is 2.40. The highest BCUT2D eigenvalue weighted by molar-refractivity contribution is 8.14. The number of rotatable bonds is 8. The summed E-state index contributed by atoms with van der Waals surface area (Å²) in [5.74, 6) is 2.32. The van der Waals surface area contributed by atoms with Crippen molar-refractivity contribution in [1.82, 2.24) is 20.1 Å². The molecule has 2 amide bonds. The average molecular weight is 651 g/mol. The first-order chi connectivity index (χ1) is 22.1. The molecule has 2 unspecified atom stereocenters. The van der Waals surface area contributed by atoms with Gasteiger partial charge in [-0.25, -0.2) is 14.5 Å². The Hall–Kier alpha value is -4.52. The molecule has 0 bridgehead atoms. The average Bonchev–Trinajstić information content (AvgIpc) is 3.61. The van der Waals surface area contributed by atoms with E-state index in [1.165, 1.54) is 40.8 Å². The number of hydrogen-bond donors (Lipinski definition) is 1. The van der Waals surface area contributed by atoms with Gasteiger partial charge in [0.15, 0.2) is 11.0 Å². The largest absolute Gasteiger partial charge is 0.573 e. The maximum Gasteiger partial charge on any atom is 0.573 e. The standard InChI is InChI=1S/C33H33F3N6O3S/c1-20(2)26-14-13-25(44-3)17-29(26)41-15-4-16-46-32(41)39-31(43)38-28-18-27(28)21-5-7-22(8-6-21)30-37-19-42(40-30)23-9-11-24(12-10-23)45-33(34,35)36/h5-14,17,19-20,27-28H,4,15-16,18H2,1-3H3,(H,38,43). The summed E-state index contributed by atoms with van der Waals surface area (Å²) in [4.78, 5) is 24.0. The van der Waals surface area contributed by atoms with Crippen LogP contribution in [0.15, 0.2) is 78.0 Å². The Labute approximate surface area is 268 Å². The second kappa shape index (κ2) is 13.1. The second-order valence-corrected chi connectivity index (χ2v) is 12.5. The predicted molar refractivity (Wildman–Crippen MR) is 172 cm³/mol. The van der Waals surface area contributed by atoms with Gasteiger partial charge in [-0.15, -0.1) is 18.3 Å². The lowest BCUT2D eigenvalue weighted by molar-refractivity contribution is -0.274. The Bertz CT molecular complexity index is 1720. The molecule has 2 heterocycles. The molecule has 1 aliphatic heterocycles. The number of amides is 2. The fourth-order valence-corrected chi connectivity index (χ4v) is 6.40. The highest BCUT2D eigenvalue weighted by atomic mass is 32.2. The molecule has 3 aromatic carbocycles. The first-order valence-corrected chi connectivity index (χ1v) is 15.9. The molecule has 2 atom stereocenters. The number of methoxy groups -OCH3 is 1. The van der Waals surface area contributed by atoms with Gasteiger partial charge in [-0.3, -0.25) is 0 Å². The summed E-state index contributed by atoms with van der Waals surface area (Å²) < 4.78 is 48.2. The van der Waals surface area contributed by atoms with Crippen LogP contribution < -0.4 is 19.7 Å². The zero-order valence-corrected chi connectivity index (χ0v) is 26.3. The number of thioether (sulfide) groups is 1. The molecule has 240 valence electrons. The van der Waals surface area contributed by atoms with Crippen LogP contribution in [0.4, 0.5) is 23.7 Å². The lowest BCUT2D eigenvalue weighted by Crippen LogP contribution is -2.36. The Kier molecular flexibility index (Phi) is 8.94. The summed E-state index contributed by atoms with van der Waals surface area (Å²) in [6.45, 7) is 5.08. The SMILES string of the molecule is COc1ccc(C(C)C)c(N2CCCSC2=NC(=O)NC2CC2c2ccc(-c3ncn(-c4ccc(OC(F)(F)F)cc4)n3)cc2)c1. The number of alkyl halides is 3. The van der Waals surface area contributed by atoms with E-state index in [9.17, 15) is 18.0 Å². The number of urea groups is 1. The van der Waals surface area contributed by atoms with E-state index in [4.69, 9.17) is 4.74 Å². The monoisotopic (exact) mass is 650 g/mol. The van der Waals surface area contributed by atoms with Gasteiger partial charge in [0.05, 0.1) is 12.8 Å². The molecule has 9 nitrogen and oxygen atoms in total. The van der Waals surface area contributed by atoms with Crippen LogP contribution in [0.3, 0.4) is 0 Å². The molecular weight excluding hydrogens is 617 g/mol. The van der Waals surface area contributed by atoms with Gasteiger partial charge in [0.25, 0.3) is 0 Å². The van der Waals surface area contributed by atoms with Crippen molar-refractivity contribution in [1.29, 1.82) is 0 Å². The van der Waals surface area contributed by atoms with Crippen molar-refractivity contribution in [3.8, 4) is 28.6 Å². The number of benzene rings is 3. The van der Waals surface area contributed by atoms with Crippen LogP contribution in [-0.4, -0.2) is 57.8 Å². The van der Waals surface area contributed by atoms with Crippen LogP contribution in [0.2, 0.25) is 0 Å². The molecule has 1 aromatic heterocycles. The van der Waals surface area contributed by atoms with Crippen LogP contribution >= 0.6 is 11.8 Å². The minimum absolute atomic E-state index is 0.00517. The maximum absolute atomic E-state index is 13.1. The number of aromatic nitrogens is 3. The molecule has 6 rings (SSSR count). The Balaban J connectivity index is 1.08. The summed E-state index contributed by atoms with van der Waals surface area (Å²) in [5, 5.41) is 8.23. The summed E-state index contributed by atoms with van der Waals surface area (Å²) >= 11 is 1.59. The minimum Gasteiger partial charge on any atom is -0.497 e. The van der Waals surface area contributed by atoms with E-state index >= 15 is 0 Å². The Morgan fingerprint density at radius 1 is 1.07 bits per heavy atom. The summed E-state index contributed by atoms with van der Waals surface area (Å²) in [6.07, 6.45) is -1.44. The quantitative estimate of drug-likeness (QED) is 0.211. The van der Waals surface area contributed by atoms with E-state index < -0.39 is 6.36 Å². The molecule has 1 aliphatic carbocycles. The highest BCUT2D eigenvalue weighted by Crippen LogP contribution is 2.41. The Morgan fingerprint density at radius 3 is 2.50 bits per heavy atom. The molecule has 1 saturated carbocycles. The van der Waals surface area contributed by atoms with Crippen LogP contribution in [0.25, 0.3) is 17.1 Å². The van der Waals surface area contributed by atoms with Crippen LogP contribution in [-0.2, 0) is 0 Å². The molecule has 1 N–H and O–H groups in total. The topological polar surface area (TPSA) is 93.9 Å². The third-order valence-electron chi connectivity index (χ3n) is 7.86. The van der Waals surface area contributed by atoms with Gasteiger partial charge in [0.1, 0.15) is 17.8 Å². The van der Waals surface area contributed by atoms with Crippen LogP contribution in [0.5, 0.6) is 11.5 Å². The number of nitrogens with one attached hydrogen (secondary N) is 1. The zero-order valence-electron chi connectivity index (χ0n) is 25.5. The van der Waals surface area contributed by atoms with E-state index in [2.05, 4.69) is 49.9 Å². The van der Waals surface area contributed by atoms with Gasteiger partial charge in [-0.1, -0.05) is 55.9 Å². The summed E-state index contributed by atoms with van der Waals surface area (Å²) in [6, 6.07) is 18.9. The maximum atomic E-state index is 13.1. The van der Waals surface area contributed by atoms with Gasteiger partial charge < -0.3 is 19.7 Å². The van der Waals surface area contributed by atoms with Gasteiger partial charge in [0.2, 0.25) is 0 Å². The van der Waals surface area contributed by atoms with Gasteiger partial charge >= 0.3 is 12.4 Å². The van der Waals surface area contributed by atoms with Crippen molar-refractivity contribution < 1.29 is 27.4 Å². The van der Waals surface area contributed by atoms with Crippen molar-refractivity contribution in [2.45, 2.75) is 50.9 Å². The van der Waals surface area contributed by atoms with Crippen LogP contribution in [0.1, 0.15) is 49.7 Å². The number of ether oxygens (including phenoxy) is 2. The van der Waals surface area contributed by atoms with E-state index in [1.807, 2.05) is 36.4 Å². The number of nitrogens with zero attached hydrogens (tertiary/aromatic N) is 5. The van der Waals surface area contributed by atoms with E-state index in [1.54, 1.807) is 18.9 Å². The van der Waals surface area contributed by atoms with Gasteiger partial charge in [-0.05, 0) is 60.2 Å². The smallest absolute Gasteiger partial charge is 0.497 e. The van der Waals surface area contributed by atoms with E-state index in [0.29, 0.717) is 22.6 Å². The predicted octanol–water partition coefficient (Wildman–Crippen LogP) is 7.53. The van der Waals surface area contributed by atoms with Crippen molar-refractivity contribution >= 4 is 28.6 Å². The van der Waals surface area contributed by atoms with E-state index in [0.717, 1.165) is 47.7 Å². The lowest BCUT2D eigenvalue weighted by Gasteiger charge is -2.32. The van der Waals surface area contributed by atoms with Crippen molar-refractivity contribution in [3.05, 3.63) is 84.2 Å². The molecule has 46 heavy (non-hydrogen) atoms. The number of aliphatic imine (C=N–C) groups is 1. The minimum atomic E-state index is -4.75. The normalized spacial score (nSPS) is 18.9. The molecular formula is C33H33F3N6O3S. The molecule has 2 aliphatic rings. The first-order valence-electron chi connectivity index (χ1n) is 14.9. The number of amidine groups is 1. The molecule has 1 saturated heterocycles. The third-order valence-corrected chi connectivity index (χ3v) is 8.92. The molecule has 2 fully saturated rings. The summed E-state index contributed by atoms with van der Waals surface area (Å²) in [7, 11) is 1.65. The number of halogens is 3. The number of carbonyl (C=O) groups is 1. The lowest BCUT2D eigenvalue weighted by atomic mass is 10.00. The van der Waals surface area contributed by atoms with Gasteiger partial charge in [-0.2, -0.15) is 4.99 Å². The van der Waals surface area contributed by atoms with E-state index in [-0.39, 0.29) is 23.7 Å². The number of carbonyl (C=O) groups excluding carboxylic acids is 1. The van der Waals surface area contributed by atoms with Gasteiger partial charge in [0, 0.05) is 41.6 Å². The zero-order chi connectivity index (χ0) is 32.4.